The normalized spacial score (nSPS) is 19.2. The lowest BCUT2D eigenvalue weighted by molar-refractivity contribution is -0.0136. The van der Waals surface area contributed by atoms with Crippen LogP contribution in [0.4, 0.5) is 8.78 Å². The van der Waals surface area contributed by atoms with Gasteiger partial charge in [0, 0.05) is 38.2 Å². The van der Waals surface area contributed by atoms with Gasteiger partial charge in [0.25, 0.3) is 5.91 Å². The average Bonchev–Trinajstić information content (AvgIpc) is 2.84. The van der Waals surface area contributed by atoms with Crippen molar-refractivity contribution in [3.63, 3.8) is 0 Å². The minimum absolute atomic E-state index is 0.102. The molecule has 1 saturated heterocycles. The Morgan fingerprint density at radius 3 is 2.86 bits per heavy atom. The van der Waals surface area contributed by atoms with Gasteiger partial charge in [-0.15, -0.1) is 11.8 Å². The van der Waals surface area contributed by atoms with Crippen LogP contribution in [0.25, 0.3) is 0 Å². The number of alkyl halides is 2. The molecule has 0 aliphatic carbocycles. The lowest BCUT2D eigenvalue weighted by atomic mass is 10.1. The molecular formula is C21H28ClF2N3OS. The maximum absolute atomic E-state index is 13.8. The van der Waals surface area contributed by atoms with Crippen molar-refractivity contribution in [2.45, 2.75) is 45.1 Å². The highest BCUT2D eigenvalue weighted by molar-refractivity contribution is 8.13. The lowest BCUT2D eigenvalue weighted by Gasteiger charge is -2.28. The van der Waals surface area contributed by atoms with Crippen LogP contribution in [-0.4, -0.2) is 53.7 Å². The summed E-state index contributed by atoms with van der Waals surface area (Å²) in [6, 6.07) is 5.07. The maximum atomic E-state index is 13.8. The number of aryl methyl sites for hydroxylation is 1. The van der Waals surface area contributed by atoms with Crippen LogP contribution >= 0.6 is 23.4 Å². The molecular weight excluding hydrogens is 416 g/mol. The first-order chi connectivity index (χ1) is 13.7. The fraction of sp³-hybridized carbons (Fsp3) is 0.524. The van der Waals surface area contributed by atoms with Gasteiger partial charge in [0.2, 0.25) is 5.92 Å². The summed E-state index contributed by atoms with van der Waals surface area (Å²) >= 11 is 7.72. The fourth-order valence-electron chi connectivity index (χ4n) is 3.24. The molecule has 1 aliphatic heterocycles. The van der Waals surface area contributed by atoms with Crippen molar-refractivity contribution in [1.82, 2.24) is 10.2 Å². The predicted molar refractivity (Wildman–Crippen MR) is 118 cm³/mol. The molecule has 1 aromatic rings. The Hall–Kier alpha value is -1.44. The molecule has 1 aromatic carbocycles. The van der Waals surface area contributed by atoms with Crippen molar-refractivity contribution in [1.29, 1.82) is 0 Å². The topological polar surface area (TPSA) is 44.7 Å². The summed E-state index contributed by atoms with van der Waals surface area (Å²) in [6.07, 6.45) is 5.63. The zero-order chi connectivity index (χ0) is 21.4. The molecule has 0 aromatic heterocycles. The molecule has 4 nitrogen and oxygen atoms in total. The van der Waals surface area contributed by atoms with E-state index in [1.54, 1.807) is 18.3 Å². The molecule has 1 atom stereocenters. The largest absolute Gasteiger partial charge is 0.350 e. The van der Waals surface area contributed by atoms with Gasteiger partial charge in [0.05, 0.1) is 15.6 Å². The quantitative estimate of drug-likeness (QED) is 0.487. The minimum atomic E-state index is -2.63. The summed E-state index contributed by atoms with van der Waals surface area (Å²) in [5.41, 5.74) is 1.23. The number of likely N-dealkylation sites (tertiary alicyclic amines) is 1. The van der Waals surface area contributed by atoms with Gasteiger partial charge in [0.15, 0.2) is 0 Å². The van der Waals surface area contributed by atoms with E-state index >= 15 is 0 Å². The van der Waals surface area contributed by atoms with Crippen molar-refractivity contribution < 1.29 is 13.6 Å². The van der Waals surface area contributed by atoms with Crippen LogP contribution in [0.3, 0.4) is 0 Å². The number of rotatable bonds is 6. The third-order valence-electron chi connectivity index (χ3n) is 5.00. The first-order valence-electron chi connectivity index (χ1n) is 9.64. The Morgan fingerprint density at radius 2 is 2.17 bits per heavy atom. The standard InChI is InChI=1S/C21H28ClF2N3OS/c1-15-6-4-7-18(22)19(15)20(28)26-14-17(8-11-25-16(2)29-3)27-12-5-9-21(23,24)10-13-27/h4,6-8,11,17H,5,9-10,12-14H2,1-3H3,(H,26,28)/b11-8+,25-16-. The zero-order valence-corrected chi connectivity index (χ0v) is 18.6. The van der Waals surface area contributed by atoms with Gasteiger partial charge in [-0.25, -0.2) is 8.78 Å². The second-order valence-electron chi connectivity index (χ2n) is 7.15. The number of halogens is 3. The molecule has 160 valence electrons. The SMILES string of the molecule is CS/C(C)=N\C=C\C(CNC(=O)c1c(C)cccc1Cl)N1CCCC(F)(F)CC1. The van der Waals surface area contributed by atoms with Crippen LogP contribution in [0.1, 0.15) is 42.1 Å². The number of aliphatic imine (C=N–C) groups is 1. The molecule has 1 amide bonds. The van der Waals surface area contributed by atoms with E-state index in [2.05, 4.69) is 10.3 Å². The number of carbonyl (C=O) groups is 1. The number of benzene rings is 1. The van der Waals surface area contributed by atoms with Crippen LogP contribution in [-0.2, 0) is 0 Å². The van der Waals surface area contributed by atoms with Crippen molar-refractivity contribution in [2.24, 2.45) is 4.99 Å². The van der Waals surface area contributed by atoms with E-state index in [9.17, 15) is 13.6 Å². The summed E-state index contributed by atoms with van der Waals surface area (Å²) in [7, 11) is 0. The molecule has 2 rings (SSSR count). The molecule has 29 heavy (non-hydrogen) atoms. The third-order valence-corrected chi connectivity index (χ3v) is 6.01. The smallest absolute Gasteiger partial charge is 0.253 e. The monoisotopic (exact) mass is 443 g/mol. The van der Waals surface area contributed by atoms with E-state index in [4.69, 9.17) is 11.6 Å². The molecule has 0 spiro atoms. The number of nitrogens with zero attached hydrogens (tertiary/aromatic N) is 2. The van der Waals surface area contributed by atoms with E-state index < -0.39 is 5.92 Å². The summed E-state index contributed by atoms with van der Waals surface area (Å²) in [6.45, 7) is 4.85. The zero-order valence-electron chi connectivity index (χ0n) is 17.1. The molecule has 1 N–H and O–H groups in total. The second kappa shape index (κ2) is 11.1. The number of thioether (sulfide) groups is 1. The summed E-state index contributed by atoms with van der Waals surface area (Å²) in [5.74, 6) is -2.90. The summed E-state index contributed by atoms with van der Waals surface area (Å²) < 4.78 is 27.6. The van der Waals surface area contributed by atoms with Crippen LogP contribution in [0, 0.1) is 6.92 Å². The first kappa shape index (κ1) is 23.8. The van der Waals surface area contributed by atoms with Crippen LogP contribution in [0.2, 0.25) is 5.02 Å². The van der Waals surface area contributed by atoms with Crippen molar-refractivity contribution in [3.05, 3.63) is 46.6 Å². The van der Waals surface area contributed by atoms with E-state index in [1.807, 2.05) is 37.1 Å². The van der Waals surface area contributed by atoms with Gasteiger partial charge in [-0.05, 0) is 50.8 Å². The first-order valence-corrected chi connectivity index (χ1v) is 11.2. The molecule has 1 fully saturated rings. The predicted octanol–water partition coefficient (Wildman–Crippen LogP) is 5.16. The summed E-state index contributed by atoms with van der Waals surface area (Å²) in [5, 5.41) is 4.21. The molecule has 8 heteroatoms. The van der Waals surface area contributed by atoms with Crippen molar-refractivity contribution >= 4 is 34.3 Å². The van der Waals surface area contributed by atoms with E-state index in [1.165, 1.54) is 11.8 Å². The molecule has 1 unspecified atom stereocenters. The highest BCUT2D eigenvalue weighted by Crippen LogP contribution is 2.28. The molecule has 1 heterocycles. The van der Waals surface area contributed by atoms with Crippen LogP contribution in [0.5, 0.6) is 0 Å². The second-order valence-corrected chi connectivity index (χ2v) is 8.55. The van der Waals surface area contributed by atoms with E-state index in [-0.39, 0.29) is 31.3 Å². The highest BCUT2D eigenvalue weighted by atomic mass is 35.5. The fourth-order valence-corrected chi connectivity index (χ4v) is 3.71. The van der Waals surface area contributed by atoms with Crippen LogP contribution in [0.15, 0.2) is 35.5 Å². The molecule has 0 saturated carbocycles. The van der Waals surface area contributed by atoms with E-state index in [0.717, 1.165) is 10.6 Å². The Labute approximate surface area is 180 Å². The van der Waals surface area contributed by atoms with Gasteiger partial charge in [-0.2, -0.15) is 0 Å². The van der Waals surface area contributed by atoms with Crippen LogP contribution < -0.4 is 5.32 Å². The number of hydrogen-bond donors (Lipinski definition) is 1. The molecule has 0 bridgehead atoms. The Kier molecular flexibility index (Phi) is 9.11. The highest BCUT2D eigenvalue weighted by Gasteiger charge is 2.33. The number of hydrogen-bond acceptors (Lipinski definition) is 4. The van der Waals surface area contributed by atoms with Gasteiger partial charge in [-0.3, -0.25) is 14.7 Å². The van der Waals surface area contributed by atoms with Gasteiger partial charge in [0.1, 0.15) is 0 Å². The van der Waals surface area contributed by atoms with E-state index in [0.29, 0.717) is 30.1 Å². The van der Waals surface area contributed by atoms with Gasteiger partial charge in [-0.1, -0.05) is 23.7 Å². The number of carbonyl (C=O) groups excluding carboxylic acids is 1. The van der Waals surface area contributed by atoms with Crippen molar-refractivity contribution in [2.75, 3.05) is 25.9 Å². The minimum Gasteiger partial charge on any atom is -0.350 e. The molecule has 0 radical (unpaired) electrons. The Morgan fingerprint density at radius 1 is 1.41 bits per heavy atom. The van der Waals surface area contributed by atoms with Crippen molar-refractivity contribution in [3.8, 4) is 0 Å². The Balaban J connectivity index is 2.13. The van der Waals surface area contributed by atoms with Gasteiger partial charge < -0.3 is 5.32 Å². The maximum Gasteiger partial charge on any atom is 0.253 e. The third kappa shape index (κ3) is 7.39. The number of amides is 1. The van der Waals surface area contributed by atoms with Gasteiger partial charge >= 0.3 is 0 Å². The summed E-state index contributed by atoms with van der Waals surface area (Å²) in [4.78, 5) is 19.0. The average molecular weight is 444 g/mol. The lowest BCUT2D eigenvalue weighted by Crippen LogP contribution is -2.43. The molecule has 1 aliphatic rings. The number of nitrogens with one attached hydrogen (secondary N) is 1. The Bertz CT molecular complexity index is 750.